The summed E-state index contributed by atoms with van der Waals surface area (Å²) >= 11 is 3.41. The van der Waals surface area contributed by atoms with Gasteiger partial charge in [0.1, 0.15) is 5.75 Å². The molecule has 0 radical (unpaired) electrons. The number of amides is 2. The van der Waals surface area contributed by atoms with Crippen molar-refractivity contribution in [1.82, 2.24) is 9.62 Å². The van der Waals surface area contributed by atoms with E-state index >= 15 is 0 Å². The van der Waals surface area contributed by atoms with Crippen LogP contribution < -0.4 is 15.0 Å². The van der Waals surface area contributed by atoms with Gasteiger partial charge >= 0.3 is 0 Å². The van der Waals surface area contributed by atoms with E-state index in [9.17, 15) is 18.0 Å². The SMILES string of the molecule is Cc1ccc(S(=O)(=O)N(CC(=O)N2C[C@@H](C(=O)NCCc3ccccc3)Oc3ccccc32)Cc2ccc(Br)cc2)cc1. The Morgan fingerprint density at radius 2 is 1.58 bits per heavy atom. The zero-order valence-corrected chi connectivity index (χ0v) is 26.1. The topological polar surface area (TPSA) is 96.0 Å². The zero-order valence-electron chi connectivity index (χ0n) is 23.6. The molecule has 8 nitrogen and oxygen atoms in total. The molecule has 1 aliphatic heterocycles. The van der Waals surface area contributed by atoms with Crippen LogP contribution in [-0.2, 0) is 32.6 Å². The Balaban J connectivity index is 1.37. The minimum atomic E-state index is -4.04. The molecule has 1 heterocycles. The summed E-state index contributed by atoms with van der Waals surface area (Å²) in [4.78, 5) is 28.6. The minimum absolute atomic E-state index is 0.00931. The van der Waals surface area contributed by atoms with Gasteiger partial charge in [-0.15, -0.1) is 0 Å². The van der Waals surface area contributed by atoms with Gasteiger partial charge < -0.3 is 15.0 Å². The maximum absolute atomic E-state index is 13.9. The quantitative estimate of drug-likeness (QED) is 0.255. The normalized spacial score (nSPS) is 14.6. The third-order valence-electron chi connectivity index (χ3n) is 7.17. The van der Waals surface area contributed by atoms with Gasteiger partial charge in [-0.2, -0.15) is 4.31 Å². The Bertz CT molecular complexity index is 1680. The van der Waals surface area contributed by atoms with Gasteiger partial charge in [0, 0.05) is 17.6 Å². The molecule has 0 fully saturated rings. The molecule has 10 heteroatoms. The molecule has 0 spiro atoms. The Morgan fingerprint density at radius 3 is 2.30 bits per heavy atom. The first kappa shape index (κ1) is 30.5. The van der Waals surface area contributed by atoms with Gasteiger partial charge in [-0.25, -0.2) is 8.42 Å². The molecule has 0 aromatic heterocycles. The van der Waals surface area contributed by atoms with Gasteiger partial charge in [-0.05, 0) is 60.9 Å². The Labute approximate surface area is 260 Å². The van der Waals surface area contributed by atoms with E-state index in [4.69, 9.17) is 4.74 Å². The summed E-state index contributed by atoms with van der Waals surface area (Å²) in [5.74, 6) is -0.431. The van der Waals surface area contributed by atoms with Crippen molar-refractivity contribution in [2.45, 2.75) is 30.9 Å². The average Bonchev–Trinajstić information content (AvgIpc) is 3.01. The largest absolute Gasteiger partial charge is 0.477 e. The van der Waals surface area contributed by atoms with Crippen molar-refractivity contribution >= 4 is 43.5 Å². The molecule has 2 amide bonds. The summed E-state index contributed by atoms with van der Waals surface area (Å²) in [7, 11) is -4.04. The van der Waals surface area contributed by atoms with Gasteiger partial charge in [0.05, 0.1) is 23.7 Å². The lowest BCUT2D eigenvalue weighted by Gasteiger charge is -2.35. The molecule has 1 atom stereocenters. The number of para-hydroxylation sites is 2. The number of carbonyl (C=O) groups excluding carboxylic acids is 2. The molecule has 222 valence electrons. The van der Waals surface area contributed by atoms with Crippen LogP contribution in [0.15, 0.2) is 112 Å². The highest BCUT2D eigenvalue weighted by molar-refractivity contribution is 9.10. The number of benzene rings is 4. The number of fused-ring (bicyclic) bond motifs is 1. The molecule has 0 aliphatic carbocycles. The van der Waals surface area contributed by atoms with E-state index in [0.29, 0.717) is 24.4 Å². The van der Waals surface area contributed by atoms with Crippen LogP contribution in [0.1, 0.15) is 16.7 Å². The van der Waals surface area contributed by atoms with Crippen LogP contribution in [-0.4, -0.2) is 50.3 Å². The van der Waals surface area contributed by atoms with Crippen LogP contribution in [0.25, 0.3) is 0 Å². The lowest BCUT2D eigenvalue weighted by Crippen LogP contribution is -2.53. The Kier molecular flexibility index (Phi) is 9.59. The third-order valence-corrected chi connectivity index (χ3v) is 9.50. The van der Waals surface area contributed by atoms with Crippen LogP contribution in [0.4, 0.5) is 5.69 Å². The second-order valence-corrected chi connectivity index (χ2v) is 13.2. The summed E-state index contributed by atoms with van der Waals surface area (Å²) in [6.45, 7) is 1.80. The van der Waals surface area contributed by atoms with Crippen LogP contribution in [0.3, 0.4) is 0 Å². The van der Waals surface area contributed by atoms with Crippen LogP contribution in [0.5, 0.6) is 5.75 Å². The summed E-state index contributed by atoms with van der Waals surface area (Å²) in [5.41, 5.74) is 3.23. The molecular formula is C33H32BrN3O5S. The van der Waals surface area contributed by atoms with Crippen LogP contribution in [0.2, 0.25) is 0 Å². The lowest BCUT2D eigenvalue weighted by molar-refractivity contribution is -0.128. The second-order valence-electron chi connectivity index (χ2n) is 10.3. The number of ether oxygens (including phenoxy) is 1. The van der Waals surface area contributed by atoms with Crippen molar-refractivity contribution in [3.63, 3.8) is 0 Å². The number of rotatable bonds is 10. The predicted octanol–water partition coefficient (Wildman–Crippen LogP) is 5.10. The number of carbonyl (C=O) groups is 2. The highest BCUT2D eigenvalue weighted by atomic mass is 79.9. The Morgan fingerprint density at radius 1 is 0.907 bits per heavy atom. The fraction of sp³-hybridized carbons (Fsp3) is 0.212. The van der Waals surface area contributed by atoms with Gasteiger partial charge in [0.2, 0.25) is 15.9 Å². The summed E-state index contributed by atoms with van der Waals surface area (Å²) in [6, 6.07) is 30.6. The molecule has 43 heavy (non-hydrogen) atoms. The smallest absolute Gasteiger partial charge is 0.262 e. The minimum Gasteiger partial charge on any atom is -0.477 e. The predicted molar refractivity (Wildman–Crippen MR) is 169 cm³/mol. The molecular weight excluding hydrogens is 630 g/mol. The number of hydrogen-bond acceptors (Lipinski definition) is 5. The standard InChI is InChI=1S/C33H32BrN3O5S/c1-24-11-17-28(18-12-24)43(40,41)36(21-26-13-15-27(34)16-14-26)23-32(38)37-22-31(42-30-10-6-5-9-29(30)37)33(39)35-20-19-25-7-3-2-4-8-25/h2-18,31H,19-23H2,1H3,(H,35,39)/t31-/m0/s1. The summed E-state index contributed by atoms with van der Waals surface area (Å²) in [5, 5.41) is 2.91. The first-order chi connectivity index (χ1) is 20.7. The van der Waals surface area contributed by atoms with E-state index in [1.54, 1.807) is 48.5 Å². The van der Waals surface area contributed by atoms with Crippen molar-refractivity contribution in [3.05, 3.63) is 124 Å². The molecule has 5 rings (SSSR count). The first-order valence-electron chi connectivity index (χ1n) is 13.9. The van der Waals surface area contributed by atoms with E-state index in [2.05, 4.69) is 21.2 Å². The number of sulfonamides is 1. The molecule has 0 unspecified atom stereocenters. The molecule has 0 bridgehead atoms. The number of nitrogens with zero attached hydrogens (tertiary/aromatic N) is 2. The van der Waals surface area contributed by atoms with Gasteiger partial charge in [-0.3, -0.25) is 9.59 Å². The van der Waals surface area contributed by atoms with Gasteiger partial charge in [0.15, 0.2) is 6.10 Å². The van der Waals surface area contributed by atoms with Crippen molar-refractivity contribution in [2.75, 3.05) is 24.5 Å². The number of nitrogens with one attached hydrogen (secondary N) is 1. The van der Waals surface area contributed by atoms with Gasteiger partial charge in [-0.1, -0.05) is 88.2 Å². The van der Waals surface area contributed by atoms with Crippen molar-refractivity contribution < 1.29 is 22.7 Å². The fourth-order valence-electron chi connectivity index (χ4n) is 4.81. The zero-order chi connectivity index (χ0) is 30.4. The lowest BCUT2D eigenvalue weighted by atomic mass is 10.1. The molecule has 4 aromatic carbocycles. The second kappa shape index (κ2) is 13.5. The molecule has 0 saturated carbocycles. The number of anilines is 1. The average molecular weight is 663 g/mol. The number of halogens is 1. The van der Waals surface area contributed by atoms with E-state index in [0.717, 1.165) is 21.2 Å². The molecule has 1 N–H and O–H groups in total. The molecule has 0 saturated heterocycles. The van der Waals surface area contributed by atoms with E-state index in [1.165, 1.54) is 9.21 Å². The molecule has 1 aliphatic rings. The maximum atomic E-state index is 13.9. The van der Waals surface area contributed by atoms with Gasteiger partial charge in [0.25, 0.3) is 5.91 Å². The van der Waals surface area contributed by atoms with Crippen molar-refractivity contribution in [2.24, 2.45) is 0 Å². The summed E-state index contributed by atoms with van der Waals surface area (Å²) < 4.78 is 35.7. The first-order valence-corrected chi connectivity index (χ1v) is 16.1. The van der Waals surface area contributed by atoms with E-state index in [-0.39, 0.29) is 23.9 Å². The van der Waals surface area contributed by atoms with Crippen LogP contribution in [0, 0.1) is 6.92 Å². The fourth-order valence-corrected chi connectivity index (χ4v) is 6.45. The highest BCUT2D eigenvalue weighted by Crippen LogP contribution is 2.33. The van der Waals surface area contributed by atoms with Crippen molar-refractivity contribution in [3.8, 4) is 5.75 Å². The monoisotopic (exact) mass is 661 g/mol. The molecule has 4 aromatic rings. The number of hydrogen-bond donors (Lipinski definition) is 1. The van der Waals surface area contributed by atoms with Crippen molar-refractivity contribution in [1.29, 1.82) is 0 Å². The van der Waals surface area contributed by atoms with E-state index < -0.39 is 28.6 Å². The maximum Gasteiger partial charge on any atom is 0.262 e. The number of aryl methyl sites for hydroxylation is 1. The Hall–Kier alpha value is -3.99. The summed E-state index contributed by atoms with van der Waals surface area (Å²) in [6.07, 6.45) is -0.302. The van der Waals surface area contributed by atoms with E-state index in [1.807, 2.05) is 61.5 Å². The van der Waals surface area contributed by atoms with Crippen LogP contribution >= 0.6 is 15.9 Å². The highest BCUT2D eigenvalue weighted by Gasteiger charge is 2.36. The third kappa shape index (κ3) is 7.51.